The molecule has 0 saturated carbocycles. The monoisotopic (exact) mass is 275 g/mol. The summed E-state index contributed by atoms with van der Waals surface area (Å²) in [5, 5.41) is 1.01. The van der Waals surface area contributed by atoms with Gasteiger partial charge in [0.1, 0.15) is 10.5 Å². The number of aromatic amines is 2. The number of aromatic nitrogens is 6. The maximum absolute atomic E-state index is 11.4. The standard InChI is InChI=1S/C10H9N7OS/c1-4-2-5(18)15-10(14-4)19-8-6-7(13-3-12-6)16-9(11)17-8/h2-3H,1H3,(H,14,15,18)(H3,11,12,13,16,17). The van der Waals surface area contributed by atoms with Gasteiger partial charge in [-0.3, -0.25) is 4.79 Å². The van der Waals surface area contributed by atoms with Gasteiger partial charge in [-0.25, -0.2) is 15.0 Å². The molecule has 3 heterocycles. The molecular weight excluding hydrogens is 266 g/mol. The van der Waals surface area contributed by atoms with Crippen LogP contribution >= 0.6 is 11.8 Å². The third-order valence-electron chi connectivity index (χ3n) is 2.31. The summed E-state index contributed by atoms with van der Waals surface area (Å²) in [7, 11) is 0. The lowest BCUT2D eigenvalue weighted by molar-refractivity contribution is 0.902. The zero-order valence-electron chi connectivity index (χ0n) is 9.84. The molecule has 0 aromatic carbocycles. The molecule has 0 saturated heterocycles. The van der Waals surface area contributed by atoms with Gasteiger partial charge in [-0.2, -0.15) is 4.98 Å². The van der Waals surface area contributed by atoms with Crippen molar-refractivity contribution in [1.29, 1.82) is 0 Å². The Bertz CT molecular complexity index is 809. The number of nitrogens with two attached hydrogens (primary N) is 1. The first-order valence-electron chi connectivity index (χ1n) is 5.34. The molecule has 0 fully saturated rings. The van der Waals surface area contributed by atoms with Gasteiger partial charge in [0.25, 0.3) is 5.56 Å². The SMILES string of the molecule is Cc1cc(=O)[nH]c(Sc2nc(N)nc3nc[nH]c23)n1. The van der Waals surface area contributed by atoms with E-state index in [0.717, 1.165) is 0 Å². The number of anilines is 1. The summed E-state index contributed by atoms with van der Waals surface area (Å²) in [5.41, 5.74) is 7.17. The summed E-state index contributed by atoms with van der Waals surface area (Å²) in [5.74, 6) is 0.122. The highest BCUT2D eigenvalue weighted by atomic mass is 32.2. The van der Waals surface area contributed by atoms with Gasteiger partial charge in [0.2, 0.25) is 5.95 Å². The predicted molar refractivity (Wildman–Crippen MR) is 69.8 cm³/mol. The van der Waals surface area contributed by atoms with Crippen LogP contribution in [0.4, 0.5) is 5.95 Å². The minimum atomic E-state index is -0.210. The van der Waals surface area contributed by atoms with Crippen molar-refractivity contribution in [3.05, 3.63) is 28.4 Å². The number of rotatable bonds is 2. The van der Waals surface area contributed by atoms with Gasteiger partial charge in [0, 0.05) is 11.8 Å². The Morgan fingerprint density at radius 3 is 2.95 bits per heavy atom. The average molecular weight is 275 g/mol. The zero-order valence-corrected chi connectivity index (χ0v) is 10.7. The van der Waals surface area contributed by atoms with Crippen LogP contribution in [0.5, 0.6) is 0 Å². The first kappa shape index (κ1) is 11.7. The molecule has 0 radical (unpaired) electrons. The van der Waals surface area contributed by atoms with E-state index in [-0.39, 0.29) is 11.5 Å². The second-order valence-electron chi connectivity index (χ2n) is 3.78. The van der Waals surface area contributed by atoms with Gasteiger partial charge >= 0.3 is 0 Å². The summed E-state index contributed by atoms with van der Waals surface area (Å²) < 4.78 is 0. The Balaban J connectivity index is 2.09. The minimum absolute atomic E-state index is 0.122. The van der Waals surface area contributed by atoms with Crippen molar-refractivity contribution in [2.24, 2.45) is 0 Å². The molecule has 0 aliphatic carbocycles. The Labute approximate surface area is 110 Å². The second kappa shape index (κ2) is 4.35. The Kier molecular flexibility index (Phi) is 2.67. The number of hydrogen-bond donors (Lipinski definition) is 3. The van der Waals surface area contributed by atoms with Crippen molar-refractivity contribution in [3.63, 3.8) is 0 Å². The van der Waals surface area contributed by atoms with E-state index in [0.29, 0.717) is 27.0 Å². The van der Waals surface area contributed by atoms with Crippen molar-refractivity contribution in [2.75, 3.05) is 5.73 Å². The highest BCUT2D eigenvalue weighted by Crippen LogP contribution is 2.27. The maximum atomic E-state index is 11.4. The van der Waals surface area contributed by atoms with E-state index in [1.807, 2.05) is 0 Å². The van der Waals surface area contributed by atoms with Crippen LogP contribution in [-0.2, 0) is 0 Å². The third-order valence-corrected chi connectivity index (χ3v) is 3.19. The van der Waals surface area contributed by atoms with Crippen molar-refractivity contribution < 1.29 is 0 Å². The number of aryl methyl sites for hydroxylation is 1. The Morgan fingerprint density at radius 1 is 1.32 bits per heavy atom. The van der Waals surface area contributed by atoms with Crippen LogP contribution in [0.3, 0.4) is 0 Å². The van der Waals surface area contributed by atoms with Crippen LogP contribution in [-0.4, -0.2) is 29.9 Å². The molecule has 96 valence electrons. The minimum Gasteiger partial charge on any atom is -0.368 e. The Morgan fingerprint density at radius 2 is 2.16 bits per heavy atom. The predicted octanol–water partition coefficient (Wildman–Crippen LogP) is 0.478. The van der Waals surface area contributed by atoms with Crippen LogP contribution in [0.2, 0.25) is 0 Å². The molecule has 8 nitrogen and oxygen atoms in total. The fourth-order valence-corrected chi connectivity index (χ4v) is 2.50. The largest absolute Gasteiger partial charge is 0.368 e. The molecule has 0 spiro atoms. The molecular formula is C10H9N7OS. The fourth-order valence-electron chi connectivity index (χ4n) is 1.59. The molecule has 0 amide bonds. The van der Waals surface area contributed by atoms with E-state index in [9.17, 15) is 4.79 Å². The van der Waals surface area contributed by atoms with Crippen molar-refractivity contribution >= 4 is 28.9 Å². The molecule has 4 N–H and O–H groups in total. The topological polar surface area (TPSA) is 126 Å². The molecule has 0 unspecified atom stereocenters. The van der Waals surface area contributed by atoms with Crippen molar-refractivity contribution in [3.8, 4) is 0 Å². The third kappa shape index (κ3) is 2.27. The normalized spacial score (nSPS) is 11.0. The molecule has 3 rings (SSSR count). The van der Waals surface area contributed by atoms with Crippen LogP contribution in [0.1, 0.15) is 5.69 Å². The van der Waals surface area contributed by atoms with E-state index in [2.05, 4.69) is 29.9 Å². The quantitative estimate of drug-likeness (QED) is 0.458. The molecule has 0 bridgehead atoms. The van der Waals surface area contributed by atoms with Crippen LogP contribution in [0.25, 0.3) is 11.2 Å². The number of nitrogen functional groups attached to an aromatic ring is 1. The smallest absolute Gasteiger partial charge is 0.251 e. The second-order valence-corrected chi connectivity index (χ2v) is 4.76. The van der Waals surface area contributed by atoms with Crippen LogP contribution in [0.15, 0.2) is 27.4 Å². The summed E-state index contributed by atoms with van der Waals surface area (Å²) >= 11 is 1.20. The van der Waals surface area contributed by atoms with E-state index >= 15 is 0 Å². The highest BCUT2D eigenvalue weighted by Gasteiger charge is 2.11. The van der Waals surface area contributed by atoms with Gasteiger partial charge in [0.05, 0.1) is 6.33 Å². The lowest BCUT2D eigenvalue weighted by Crippen LogP contribution is -2.08. The highest BCUT2D eigenvalue weighted by molar-refractivity contribution is 7.99. The van der Waals surface area contributed by atoms with Gasteiger partial charge in [-0.05, 0) is 18.7 Å². The molecule has 19 heavy (non-hydrogen) atoms. The average Bonchev–Trinajstić information content (AvgIpc) is 2.75. The molecule has 0 atom stereocenters. The van der Waals surface area contributed by atoms with Gasteiger partial charge in [0.15, 0.2) is 10.8 Å². The van der Waals surface area contributed by atoms with Crippen LogP contribution < -0.4 is 11.3 Å². The van der Waals surface area contributed by atoms with E-state index in [1.54, 1.807) is 6.92 Å². The Hall–Kier alpha value is -2.42. The van der Waals surface area contributed by atoms with Crippen LogP contribution in [0, 0.1) is 6.92 Å². The summed E-state index contributed by atoms with van der Waals surface area (Å²) in [6.07, 6.45) is 1.51. The maximum Gasteiger partial charge on any atom is 0.251 e. The van der Waals surface area contributed by atoms with Crippen molar-refractivity contribution in [2.45, 2.75) is 17.1 Å². The van der Waals surface area contributed by atoms with E-state index < -0.39 is 0 Å². The number of nitrogens with zero attached hydrogens (tertiary/aromatic N) is 4. The van der Waals surface area contributed by atoms with E-state index in [4.69, 9.17) is 5.73 Å². The molecule has 0 aliphatic heterocycles. The lowest BCUT2D eigenvalue weighted by Gasteiger charge is -2.02. The fraction of sp³-hybridized carbons (Fsp3) is 0.100. The summed E-state index contributed by atoms with van der Waals surface area (Å²) in [6.45, 7) is 1.75. The summed E-state index contributed by atoms with van der Waals surface area (Å²) in [6, 6.07) is 1.42. The van der Waals surface area contributed by atoms with Gasteiger partial charge in [-0.1, -0.05) is 0 Å². The first-order valence-corrected chi connectivity index (χ1v) is 6.16. The first-order chi connectivity index (χ1) is 9.11. The number of fused-ring (bicyclic) bond motifs is 1. The number of H-pyrrole nitrogens is 2. The zero-order chi connectivity index (χ0) is 13.4. The summed E-state index contributed by atoms with van der Waals surface area (Å²) in [4.78, 5) is 33.3. The number of imidazole rings is 1. The molecule has 9 heteroatoms. The van der Waals surface area contributed by atoms with Gasteiger partial charge < -0.3 is 15.7 Å². The molecule has 3 aromatic heterocycles. The molecule has 3 aromatic rings. The van der Waals surface area contributed by atoms with Gasteiger partial charge in [-0.15, -0.1) is 0 Å². The number of hydrogen-bond acceptors (Lipinski definition) is 7. The molecule has 0 aliphatic rings. The van der Waals surface area contributed by atoms with Crippen molar-refractivity contribution in [1.82, 2.24) is 29.9 Å². The lowest BCUT2D eigenvalue weighted by atomic mass is 10.5. The number of nitrogens with one attached hydrogen (secondary N) is 2. The van der Waals surface area contributed by atoms with E-state index in [1.165, 1.54) is 24.2 Å².